The second-order valence-corrected chi connectivity index (χ2v) is 10.8. The van der Waals surface area contributed by atoms with Gasteiger partial charge in [0.05, 0.1) is 10.7 Å². The minimum Gasteiger partial charge on any atom is -0.367 e. The maximum atomic E-state index is 12.6. The zero-order chi connectivity index (χ0) is 25.1. The van der Waals surface area contributed by atoms with Crippen LogP contribution in [0.5, 0.6) is 0 Å². The summed E-state index contributed by atoms with van der Waals surface area (Å²) in [5.41, 5.74) is 5.18. The Balaban J connectivity index is 1.22. The summed E-state index contributed by atoms with van der Waals surface area (Å²) in [6.45, 7) is 9.49. The molecule has 0 saturated carbocycles. The third kappa shape index (κ3) is 5.47. The zero-order valence-corrected chi connectivity index (χ0v) is 22.5. The van der Waals surface area contributed by atoms with E-state index >= 15 is 0 Å². The summed E-state index contributed by atoms with van der Waals surface area (Å²) in [6.07, 6.45) is 2.21. The smallest absolute Gasteiger partial charge is 0.253 e. The van der Waals surface area contributed by atoms with Gasteiger partial charge in [-0.05, 0) is 56.5 Å². The molecular formula is C28H32ClN5OS. The molecule has 2 fully saturated rings. The minimum atomic E-state index is 0.142. The Kier molecular flexibility index (Phi) is 7.67. The minimum absolute atomic E-state index is 0.142. The number of amides is 1. The van der Waals surface area contributed by atoms with E-state index in [-0.39, 0.29) is 5.91 Å². The predicted octanol–water partition coefficient (Wildman–Crippen LogP) is 5.60. The highest BCUT2D eigenvalue weighted by molar-refractivity contribution is 7.98. The Morgan fingerprint density at radius 1 is 0.889 bits per heavy atom. The van der Waals surface area contributed by atoms with Crippen molar-refractivity contribution in [2.24, 2.45) is 0 Å². The van der Waals surface area contributed by atoms with Crippen molar-refractivity contribution in [2.45, 2.75) is 37.6 Å². The van der Waals surface area contributed by atoms with Crippen molar-refractivity contribution in [1.29, 1.82) is 0 Å². The molecule has 0 atom stereocenters. The van der Waals surface area contributed by atoms with Gasteiger partial charge in [-0.1, -0.05) is 47.6 Å². The molecule has 36 heavy (non-hydrogen) atoms. The fraction of sp³-hybridized carbons (Fsp3) is 0.393. The van der Waals surface area contributed by atoms with Gasteiger partial charge < -0.3 is 14.7 Å². The Hall–Kier alpha value is -2.77. The lowest BCUT2D eigenvalue weighted by molar-refractivity contribution is 0.0793. The molecule has 3 heterocycles. The van der Waals surface area contributed by atoms with Gasteiger partial charge in [0.25, 0.3) is 5.91 Å². The van der Waals surface area contributed by atoms with Gasteiger partial charge in [0.1, 0.15) is 5.82 Å². The maximum absolute atomic E-state index is 12.6. The number of para-hydroxylation sites is 1. The molecular weight excluding hydrogens is 490 g/mol. The number of aryl methyl sites for hydroxylation is 1. The highest BCUT2D eigenvalue weighted by atomic mass is 35.5. The molecule has 0 N–H and O–H groups in total. The van der Waals surface area contributed by atoms with E-state index in [0.29, 0.717) is 0 Å². The van der Waals surface area contributed by atoms with E-state index in [9.17, 15) is 4.79 Å². The van der Waals surface area contributed by atoms with Gasteiger partial charge in [-0.25, -0.2) is 9.97 Å². The first-order valence-corrected chi connectivity index (χ1v) is 14.0. The Morgan fingerprint density at radius 2 is 1.56 bits per heavy atom. The number of hydrogen-bond donors (Lipinski definition) is 0. The normalized spacial score (nSPS) is 16.0. The first kappa shape index (κ1) is 24.9. The molecule has 3 aromatic rings. The lowest BCUT2D eigenvalue weighted by atomic mass is 10.1. The zero-order valence-electron chi connectivity index (χ0n) is 20.9. The summed E-state index contributed by atoms with van der Waals surface area (Å²) in [4.78, 5) is 29.0. The average molecular weight is 522 g/mol. The Bertz CT molecular complexity index is 1220. The second kappa shape index (κ2) is 11.1. The van der Waals surface area contributed by atoms with Crippen molar-refractivity contribution >= 4 is 40.8 Å². The van der Waals surface area contributed by atoms with Crippen LogP contribution in [0.3, 0.4) is 0 Å². The molecule has 2 saturated heterocycles. The van der Waals surface area contributed by atoms with Crippen LogP contribution in [0, 0.1) is 13.8 Å². The van der Waals surface area contributed by atoms with E-state index < -0.39 is 0 Å². The monoisotopic (exact) mass is 521 g/mol. The highest BCUT2D eigenvalue weighted by Crippen LogP contribution is 2.30. The number of hydrogen-bond acceptors (Lipinski definition) is 6. The number of rotatable bonds is 6. The first-order chi connectivity index (χ1) is 17.5. The topological polar surface area (TPSA) is 52.6 Å². The lowest BCUT2D eigenvalue weighted by Crippen LogP contribution is -2.47. The van der Waals surface area contributed by atoms with E-state index in [2.05, 4.69) is 29.7 Å². The van der Waals surface area contributed by atoms with Gasteiger partial charge in [-0.3, -0.25) is 4.79 Å². The number of carbonyl (C=O) groups is 1. The SMILES string of the molecule is Cc1nc(SCc2ccc(C(=O)N3CCCC3)cc2)nc(N2CCN(c3ccccc3Cl)CC2)c1C. The number of benzene rings is 2. The van der Waals surface area contributed by atoms with E-state index in [1.807, 2.05) is 47.4 Å². The number of piperazine rings is 1. The van der Waals surface area contributed by atoms with Gasteiger partial charge in [-0.2, -0.15) is 0 Å². The molecule has 2 aromatic carbocycles. The molecule has 188 valence electrons. The Morgan fingerprint density at radius 3 is 2.25 bits per heavy atom. The van der Waals surface area contributed by atoms with Crippen molar-refractivity contribution in [3.63, 3.8) is 0 Å². The lowest BCUT2D eigenvalue weighted by Gasteiger charge is -2.37. The van der Waals surface area contributed by atoms with E-state index in [1.165, 1.54) is 0 Å². The number of thioether (sulfide) groups is 1. The van der Waals surface area contributed by atoms with Gasteiger partial charge in [0, 0.05) is 61.8 Å². The van der Waals surface area contributed by atoms with Crippen LogP contribution in [0.15, 0.2) is 53.7 Å². The fourth-order valence-electron chi connectivity index (χ4n) is 4.82. The van der Waals surface area contributed by atoms with Crippen molar-refractivity contribution in [3.8, 4) is 0 Å². The fourth-order valence-corrected chi connectivity index (χ4v) is 5.92. The second-order valence-electron chi connectivity index (χ2n) is 9.45. The maximum Gasteiger partial charge on any atom is 0.253 e. The number of aromatic nitrogens is 2. The van der Waals surface area contributed by atoms with Crippen molar-refractivity contribution in [2.75, 3.05) is 49.1 Å². The molecule has 2 aliphatic rings. The molecule has 1 aromatic heterocycles. The molecule has 0 spiro atoms. The number of anilines is 2. The van der Waals surface area contributed by atoms with Crippen molar-refractivity contribution < 1.29 is 4.79 Å². The third-order valence-corrected chi connectivity index (χ3v) is 8.32. The summed E-state index contributed by atoms with van der Waals surface area (Å²) < 4.78 is 0. The van der Waals surface area contributed by atoms with E-state index in [1.54, 1.807) is 11.8 Å². The van der Waals surface area contributed by atoms with Crippen LogP contribution in [0.25, 0.3) is 0 Å². The van der Waals surface area contributed by atoms with Gasteiger partial charge in [0.2, 0.25) is 0 Å². The summed E-state index contributed by atoms with van der Waals surface area (Å²) >= 11 is 8.06. The van der Waals surface area contributed by atoms with Crippen LogP contribution in [0.2, 0.25) is 5.02 Å². The van der Waals surface area contributed by atoms with Crippen molar-refractivity contribution in [1.82, 2.24) is 14.9 Å². The average Bonchev–Trinajstić information content (AvgIpc) is 3.45. The number of nitrogens with zero attached hydrogens (tertiary/aromatic N) is 5. The van der Waals surface area contributed by atoms with Gasteiger partial charge >= 0.3 is 0 Å². The molecule has 6 nitrogen and oxygen atoms in total. The number of carbonyl (C=O) groups excluding carboxylic acids is 1. The van der Waals surface area contributed by atoms with Gasteiger partial charge in [0.15, 0.2) is 5.16 Å². The molecule has 0 aliphatic carbocycles. The first-order valence-electron chi connectivity index (χ1n) is 12.6. The van der Waals surface area contributed by atoms with Crippen molar-refractivity contribution in [3.05, 3.63) is 75.9 Å². The molecule has 2 aliphatic heterocycles. The largest absolute Gasteiger partial charge is 0.367 e. The number of halogens is 1. The summed E-state index contributed by atoms with van der Waals surface area (Å²) in [5.74, 6) is 1.93. The highest BCUT2D eigenvalue weighted by Gasteiger charge is 2.23. The quantitative estimate of drug-likeness (QED) is 0.311. The molecule has 5 rings (SSSR count). The van der Waals surface area contributed by atoms with Crippen LogP contribution in [0.1, 0.15) is 40.0 Å². The predicted molar refractivity (Wildman–Crippen MR) is 149 cm³/mol. The summed E-state index contributed by atoms with van der Waals surface area (Å²) in [5, 5.41) is 1.59. The van der Waals surface area contributed by atoms with Crippen LogP contribution in [-0.4, -0.2) is 60.0 Å². The van der Waals surface area contributed by atoms with E-state index in [4.69, 9.17) is 21.6 Å². The van der Waals surface area contributed by atoms with E-state index in [0.717, 1.165) is 102 Å². The standard InChI is InChI=1S/C28H32ClN5OS/c1-20-21(2)30-28(36-19-22-9-11-23(12-10-22)27(35)34-13-5-6-14-34)31-26(20)33-17-15-32(16-18-33)25-8-4-3-7-24(25)29/h3-4,7-12H,5-6,13-19H2,1-2H3. The van der Waals surface area contributed by atoms with Crippen LogP contribution < -0.4 is 9.80 Å². The summed E-state index contributed by atoms with van der Waals surface area (Å²) in [7, 11) is 0. The van der Waals surface area contributed by atoms with Crippen LogP contribution in [0.4, 0.5) is 11.5 Å². The molecule has 0 unspecified atom stereocenters. The molecule has 0 radical (unpaired) electrons. The molecule has 0 bridgehead atoms. The number of likely N-dealkylation sites (tertiary alicyclic amines) is 1. The van der Waals surface area contributed by atoms with Crippen LogP contribution >= 0.6 is 23.4 Å². The Labute approximate surface area is 222 Å². The third-order valence-electron chi connectivity index (χ3n) is 7.08. The van der Waals surface area contributed by atoms with Crippen LogP contribution in [-0.2, 0) is 5.75 Å². The molecule has 8 heteroatoms. The van der Waals surface area contributed by atoms with Gasteiger partial charge in [-0.15, -0.1) is 0 Å². The molecule has 1 amide bonds. The summed E-state index contributed by atoms with van der Waals surface area (Å²) in [6, 6.07) is 16.0.